The van der Waals surface area contributed by atoms with Gasteiger partial charge in [0.1, 0.15) is 11.4 Å². The van der Waals surface area contributed by atoms with Crippen molar-refractivity contribution >= 4 is 44.6 Å². The second-order valence-corrected chi connectivity index (χ2v) is 9.86. The average molecular weight is 516 g/mol. The molecule has 4 nitrogen and oxygen atoms in total. The molecule has 3 aromatic rings. The fourth-order valence-electron chi connectivity index (χ4n) is 3.20. The van der Waals surface area contributed by atoms with Gasteiger partial charge in [0.15, 0.2) is 0 Å². The second-order valence-electron chi connectivity index (χ2n) is 7.99. The predicted molar refractivity (Wildman–Crippen MR) is 118 cm³/mol. The van der Waals surface area contributed by atoms with E-state index in [1.165, 1.54) is 18.2 Å². The number of halogens is 4. The lowest BCUT2D eigenvalue weighted by Crippen LogP contribution is -2.24. The molecular weight excluding hydrogens is 495 g/mol. The zero-order chi connectivity index (χ0) is 23.1. The van der Waals surface area contributed by atoms with Crippen LogP contribution in [-0.2, 0) is 23.7 Å². The van der Waals surface area contributed by atoms with E-state index in [1.54, 1.807) is 44.5 Å². The van der Waals surface area contributed by atoms with Crippen molar-refractivity contribution in [2.24, 2.45) is 7.05 Å². The van der Waals surface area contributed by atoms with Crippen LogP contribution >= 0.6 is 27.7 Å². The van der Waals surface area contributed by atoms with Gasteiger partial charge in [0.05, 0.1) is 21.1 Å². The molecule has 31 heavy (non-hydrogen) atoms. The van der Waals surface area contributed by atoms with Crippen molar-refractivity contribution in [3.05, 3.63) is 57.7 Å². The highest BCUT2D eigenvalue weighted by molar-refractivity contribution is 9.10. The van der Waals surface area contributed by atoms with Crippen LogP contribution in [0.1, 0.15) is 42.4 Å². The number of benzene rings is 2. The third kappa shape index (κ3) is 5.03. The minimum absolute atomic E-state index is 0.0514. The van der Waals surface area contributed by atoms with E-state index in [4.69, 9.17) is 4.74 Å². The Hall–Kier alpha value is -2.13. The molecule has 3 rings (SSSR count). The van der Waals surface area contributed by atoms with Gasteiger partial charge < -0.3 is 14.4 Å². The molecule has 0 saturated carbocycles. The maximum Gasteiger partial charge on any atom is 0.417 e. The molecule has 0 bridgehead atoms. The lowest BCUT2D eigenvalue weighted by molar-refractivity contribution is -0.139. The fourth-order valence-corrected chi connectivity index (χ4v) is 4.67. The van der Waals surface area contributed by atoms with Gasteiger partial charge in [-0.3, -0.25) is 0 Å². The highest BCUT2D eigenvalue weighted by Gasteiger charge is 2.33. The first-order chi connectivity index (χ1) is 14.3. The zero-order valence-corrected chi connectivity index (χ0v) is 19.7. The molecule has 0 radical (unpaired) electrons. The van der Waals surface area contributed by atoms with E-state index in [2.05, 4.69) is 15.9 Å². The van der Waals surface area contributed by atoms with Crippen molar-refractivity contribution in [1.82, 2.24) is 4.57 Å². The Labute approximate surface area is 190 Å². The Balaban J connectivity index is 2.11. The van der Waals surface area contributed by atoms with Crippen LogP contribution in [-0.4, -0.2) is 21.2 Å². The molecule has 166 valence electrons. The lowest BCUT2D eigenvalue weighted by atomic mass is 10.1. The molecule has 0 saturated heterocycles. The zero-order valence-electron chi connectivity index (χ0n) is 17.3. The number of thioether (sulfide) groups is 1. The molecule has 0 aliphatic rings. The maximum absolute atomic E-state index is 13.4. The molecule has 0 unspecified atom stereocenters. The Morgan fingerprint density at radius 2 is 1.84 bits per heavy atom. The summed E-state index contributed by atoms with van der Waals surface area (Å²) in [5.41, 5.74) is -0.108. The van der Waals surface area contributed by atoms with E-state index < -0.39 is 23.3 Å². The van der Waals surface area contributed by atoms with E-state index in [0.29, 0.717) is 21.1 Å². The number of nitrogens with zero attached hydrogens (tertiary/aromatic N) is 1. The number of aryl methyl sites for hydroxylation is 1. The minimum atomic E-state index is -4.48. The first kappa shape index (κ1) is 23.5. The van der Waals surface area contributed by atoms with Gasteiger partial charge in [0.2, 0.25) is 0 Å². The Morgan fingerprint density at radius 3 is 2.45 bits per heavy atom. The van der Waals surface area contributed by atoms with Crippen molar-refractivity contribution in [3.8, 4) is 5.75 Å². The molecule has 1 N–H and O–H groups in total. The van der Waals surface area contributed by atoms with E-state index in [1.807, 2.05) is 0 Å². The van der Waals surface area contributed by atoms with Gasteiger partial charge in [-0.25, -0.2) is 4.79 Å². The number of hydrogen-bond acceptors (Lipinski definition) is 4. The van der Waals surface area contributed by atoms with Crippen LogP contribution in [0.5, 0.6) is 5.75 Å². The lowest BCUT2D eigenvalue weighted by Gasteiger charge is -2.20. The summed E-state index contributed by atoms with van der Waals surface area (Å²) in [5, 5.41) is 10.6. The van der Waals surface area contributed by atoms with Crippen LogP contribution in [0.4, 0.5) is 13.2 Å². The number of rotatable bonds is 4. The molecule has 0 aliphatic heterocycles. The number of aromatic hydroxyl groups is 1. The van der Waals surface area contributed by atoms with Gasteiger partial charge in [-0.1, -0.05) is 12.1 Å². The number of phenolic OH excluding ortho intramolecular Hbond substituents is 1. The number of phenols is 1. The quantitative estimate of drug-likeness (QED) is 0.303. The molecular formula is C22H21BrF3NO3S. The standard InChI is InChI=1S/C22H21BrF3NO3S/c1-21(2,3)30-20(29)19-12-9-17(28)14(23)10-15(12)27(4)16(19)11-31-18-8-6-5-7-13(18)22(24,25)26/h5-10,28H,11H2,1-4H3. The second kappa shape index (κ2) is 8.43. The van der Waals surface area contributed by atoms with Crippen LogP contribution in [0.2, 0.25) is 0 Å². The van der Waals surface area contributed by atoms with Gasteiger partial charge in [-0.15, -0.1) is 11.8 Å². The Kier molecular flexibility index (Phi) is 6.40. The number of hydrogen-bond donors (Lipinski definition) is 1. The summed E-state index contributed by atoms with van der Waals surface area (Å²) in [7, 11) is 1.73. The summed E-state index contributed by atoms with van der Waals surface area (Å²) in [4.78, 5) is 13.1. The topological polar surface area (TPSA) is 51.5 Å². The number of aromatic nitrogens is 1. The molecule has 0 fully saturated rings. The van der Waals surface area contributed by atoms with E-state index in [9.17, 15) is 23.1 Å². The van der Waals surface area contributed by atoms with Crippen molar-refractivity contribution in [2.75, 3.05) is 0 Å². The van der Waals surface area contributed by atoms with E-state index in [0.717, 1.165) is 17.8 Å². The van der Waals surface area contributed by atoms with Gasteiger partial charge in [-0.05, 0) is 61.0 Å². The van der Waals surface area contributed by atoms with Gasteiger partial charge in [0.25, 0.3) is 0 Å². The summed E-state index contributed by atoms with van der Waals surface area (Å²) < 4.78 is 47.9. The maximum atomic E-state index is 13.4. The number of fused-ring (bicyclic) bond motifs is 1. The molecule has 2 aromatic carbocycles. The van der Waals surface area contributed by atoms with Crippen LogP contribution < -0.4 is 0 Å². The monoisotopic (exact) mass is 515 g/mol. The minimum Gasteiger partial charge on any atom is -0.507 e. The summed E-state index contributed by atoms with van der Waals surface area (Å²) in [6.07, 6.45) is -4.48. The average Bonchev–Trinajstić information content (AvgIpc) is 2.90. The highest BCUT2D eigenvalue weighted by atomic mass is 79.9. The Bertz CT molecular complexity index is 1150. The molecule has 1 heterocycles. The molecule has 0 amide bonds. The van der Waals surface area contributed by atoms with Crippen LogP contribution in [0.15, 0.2) is 45.8 Å². The predicted octanol–water partition coefficient (Wildman–Crippen LogP) is 6.91. The molecule has 0 aliphatic carbocycles. The molecule has 1 aromatic heterocycles. The van der Waals surface area contributed by atoms with Crippen LogP contribution in [0.3, 0.4) is 0 Å². The number of alkyl halides is 3. The SMILES string of the molecule is Cn1c(CSc2ccccc2C(F)(F)F)c(C(=O)OC(C)(C)C)c2cc(O)c(Br)cc21. The molecule has 0 atom stereocenters. The highest BCUT2D eigenvalue weighted by Crippen LogP contribution is 2.40. The summed E-state index contributed by atoms with van der Waals surface area (Å²) in [6.45, 7) is 5.20. The van der Waals surface area contributed by atoms with Crippen molar-refractivity contribution in [3.63, 3.8) is 0 Å². The number of ether oxygens (including phenoxy) is 1. The molecule has 9 heteroatoms. The first-order valence-corrected chi connectivity index (χ1v) is 11.1. The number of carbonyl (C=O) groups is 1. The fraction of sp³-hybridized carbons (Fsp3) is 0.318. The van der Waals surface area contributed by atoms with Crippen LogP contribution in [0.25, 0.3) is 10.9 Å². The number of esters is 1. The summed E-state index contributed by atoms with van der Waals surface area (Å²) >= 11 is 4.26. The van der Waals surface area contributed by atoms with Gasteiger partial charge in [0, 0.05) is 28.8 Å². The van der Waals surface area contributed by atoms with Gasteiger partial charge in [-0.2, -0.15) is 13.2 Å². The van der Waals surface area contributed by atoms with E-state index in [-0.39, 0.29) is 22.0 Å². The van der Waals surface area contributed by atoms with E-state index >= 15 is 0 Å². The van der Waals surface area contributed by atoms with Crippen LogP contribution in [0, 0.1) is 0 Å². The molecule has 0 spiro atoms. The summed E-state index contributed by atoms with van der Waals surface area (Å²) in [5.74, 6) is -0.547. The third-order valence-electron chi connectivity index (χ3n) is 4.55. The Morgan fingerprint density at radius 1 is 1.19 bits per heavy atom. The summed E-state index contributed by atoms with van der Waals surface area (Å²) in [6, 6.07) is 8.45. The van der Waals surface area contributed by atoms with Crippen molar-refractivity contribution < 1.29 is 27.8 Å². The largest absolute Gasteiger partial charge is 0.507 e. The smallest absolute Gasteiger partial charge is 0.417 e. The van der Waals surface area contributed by atoms with Gasteiger partial charge >= 0.3 is 12.1 Å². The third-order valence-corrected chi connectivity index (χ3v) is 6.27. The normalized spacial score (nSPS) is 12.4. The van der Waals surface area contributed by atoms with Crippen molar-refractivity contribution in [1.29, 1.82) is 0 Å². The first-order valence-electron chi connectivity index (χ1n) is 9.31. The van der Waals surface area contributed by atoms with Crippen molar-refractivity contribution in [2.45, 2.75) is 43.2 Å². The number of carbonyl (C=O) groups excluding carboxylic acids is 1.